The fourth-order valence-corrected chi connectivity index (χ4v) is 2.97. The summed E-state index contributed by atoms with van der Waals surface area (Å²) in [6.45, 7) is 0. The first-order chi connectivity index (χ1) is 8.42. The van der Waals surface area contributed by atoms with Crippen LogP contribution in [0.3, 0.4) is 0 Å². The molecule has 80 valence electrons. The van der Waals surface area contributed by atoms with E-state index in [-0.39, 0.29) is 0 Å². The maximum Gasteiger partial charge on any atom is 0.163 e. The zero-order valence-corrected chi connectivity index (χ0v) is 9.48. The van der Waals surface area contributed by atoms with Crippen LogP contribution in [0.15, 0.2) is 36.9 Å². The molecule has 0 bridgehead atoms. The minimum Gasteiger partial charge on any atom is -0.253 e. The highest BCUT2D eigenvalue weighted by molar-refractivity contribution is 7.25. The molecule has 0 N–H and O–H groups in total. The van der Waals surface area contributed by atoms with E-state index in [4.69, 9.17) is 0 Å². The van der Waals surface area contributed by atoms with Crippen molar-refractivity contribution in [3.8, 4) is 0 Å². The molecule has 0 aliphatic heterocycles. The molecule has 0 amide bonds. The first kappa shape index (κ1) is 8.95. The van der Waals surface area contributed by atoms with Crippen LogP contribution in [0.2, 0.25) is 0 Å². The Morgan fingerprint density at radius 2 is 2.06 bits per heavy atom. The summed E-state index contributed by atoms with van der Waals surface area (Å²) < 4.78 is 2.28. The van der Waals surface area contributed by atoms with Crippen molar-refractivity contribution in [1.82, 2.24) is 19.9 Å². The second-order valence-electron chi connectivity index (χ2n) is 3.72. The van der Waals surface area contributed by atoms with Crippen LogP contribution in [0, 0.1) is 0 Å². The molecule has 0 unspecified atom stereocenters. The van der Waals surface area contributed by atoms with Crippen molar-refractivity contribution in [2.75, 3.05) is 0 Å². The third-order valence-corrected chi connectivity index (χ3v) is 3.75. The monoisotopic (exact) mass is 238 g/mol. The van der Waals surface area contributed by atoms with Crippen molar-refractivity contribution in [2.24, 2.45) is 0 Å². The van der Waals surface area contributed by atoms with E-state index in [0.29, 0.717) is 0 Å². The number of aromatic nitrogens is 4. The Kier molecular flexibility index (Phi) is 1.67. The van der Waals surface area contributed by atoms with Gasteiger partial charge in [0, 0.05) is 17.8 Å². The van der Waals surface area contributed by atoms with Gasteiger partial charge < -0.3 is 0 Å². The van der Waals surface area contributed by atoms with Crippen LogP contribution in [-0.2, 0) is 0 Å². The fourth-order valence-electron chi connectivity index (χ4n) is 1.92. The number of thiophene rings is 1. The molecule has 0 aliphatic rings. The van der Waals surface area contributed by atoms with Gasteiger partial charge in [0.2, 0.25) is 0 Å². The molecule has 0 atom stereocenters. The fraction of sp³-hybridized carbons (Fsp3) is 0. The third-order valence-electron chi connectivity index (χ3n) is 2.67. The van der Waals surface area contributed by atoms with E-state index >= 15 is 0 Å². The highest BCUT2D eigenvalue weighted by atomic mass is 32.1. The summed E-state index contributed by atoms with van der Waals surface area (Å²) in [6, 6.07) is 6.08. The predicted octanol–water partition coefficient (Wildman–Crippen LogP) is 2.79. The molecule has 0 radical (unpaired) electrons. The van der Waals surface area contributed by atoms with Gasteiger partial charge in [-0.2, -0.15) is 0 Å². The highest BCUT2D eigenvalue weighted by Crippen LogP contribution is 2.32. The smallest absolute Gasteiger partial charge is 0.163 e. The molecular weight excluding hydrogens is 232 g/mol. The number of nitrogens with zero attached hydrogens (tertiary/aromatic N) is 4. The third kappa shape index (κ3) is 1.23. The molecule has 4 nitrogen and oxygen atoms in total. The zero-order valence-electron chi connectivity index (χ0n) is 8.66. The summed E-state index contributed by atoms with van der Waals surface area (Å²) in [7, 11) is 0. The van der Waals surface area contributed by atoms with Gasteiger partial charge >= 0.3 is 0 Å². The molecular formula is C12H6N4S. The van der Waals surface area contributed by atoms with Crippen LogP contribution in [0.4, 0.5) is 0 Å². The van der Waals surface area contributed by atoms with Gasteiger partial charge in [-0.3, -0.25) is 4.98 Å². The Bertz CT molecular complexity index is 847. The summed E-state index contributed by atoms with van der Waals surface area (Å²) in [4.78, 5) is 17.1. The maximum atomic E-state index is 4.56. The lowest BCUT2D eigenvalue weighted by Crippen LogP contribution is -1.85. The number of fused-ring (bicyclic) bond motifs is 4. The lowest BCUT2D eigenvalue weighted by Gasteiger charge is -1.94. The molecule has 0 aromatic carbocycles. The van der Waals surface area contributed by atoms with E-state index in [1.807, 2.05) is 6.07 Å². The topological polar surface area (TPSA) is 51.6 Å². The van der Waals surface area contributed by atoms with E-state index in [1.165, 1.54) is 6.33 Å². The Balaban J connectivity index is 2.28. The van der Waals surface area contributed by atoms with E-state index in [0.717, 1.165) is 31.5 Å². The van der Waals surface area contributed by atoms with Crippen molar-refractivity contribution in [3.05, 3.63) is 36.9 Å². The van der Waals surface area contributed by atoms with Crippen LogP contribution >= 0.6 is 11.3 Å². The average Bonchev–Trinajstić information content (AvgIpc) is 2.73. The van der Waals surface area contributed by atoms with Crippen molar-refractivity contribution in [3.63, 3.8) is 0 Å². The first-order valence-corrected chi connectivity index (χ1v) is 5.97. The van der Waals surface area contributed by atoms with E-state index < -0.39 is 0 Å². The molecule has 0 saturated heterocycles. The standard InChI is InChI=1S/C12H6N4S/c1-2-8-10(14-3-1)11-9(17-8)4-7-5-13-6-15-12(7)16-11/h1-6H. The summed E-state index contributed by atoms with van der Waals surface area (Å²) in [5, 5.41) is 0.964. The van der Waals surface area contributed by atoms with Crippen molar-refractivity contribution < 1.29 is 0 Å². The lowest BCUT2D eigenvalue weighted by molar-refractivity contribution is 1.20. The Morgan fingerprint density at radius 1 is 1.06 bits per heavy atom. The quantitative estimate of drug-likeness (QED) is 0.472. The summed E-state index contributed by atoms with van der Waals surface area (Å²) in [5.74, 6) is 0. The lowest BCUT2D eigenvalue weighted by atomic mass is 10.3. The minimum absolute atomic E-state index is 0.720. The molecule has 0 saturated carbocycles. The normalized spacial score (nSPS) is 11.5. The van der Waals surface area contributed by atoms with Gasteiger partial charge in [-0.05, 0) is 18.2 Å². The number of hydrogen-bond donors (Lipinski definition) is 0. The van der Waals surface area contributed by atoms with Gasteiger partial charge in [-0.25, -0.2) is 15.0 Å². The van der Waals surface area contributed by atoms with Crippen LogP contribution in [-0.4, -0.2) is 19.9 Å². The maximum absolute atomic E-state index is 4.56. The zero-order chi connectivity index (χ0) is 11.2. The Hall–Kier alpha value is -2.14. The van der Waals surface area contributed by atoms with Crippen molar-refractivity contribution >= 4 is 42.8 Å². The van der Waals surface area contributed by atoms with Crippen LogP contribution in [0.1, 0.15) is 0 Å². The molecule has 0 fully saturated rings. The molecule has 4 aromatic rings. The Morgan fingerprint density at radius 3 is 3.06 bits per heavy atom. The number of rotatable bonds is 0. The highest BCUT2D eigenvalue weighted by Gasteiger charge is 2.08. The van der Waals surface area contributed by atoms with Crippen LogP contribution in [0.25, 0.3) is 31.5 Å². The second kappa shape index (κ2) is 3.18. The predicted molar refractivity (Wildman–Crippen MR) is 68.0 cm³/mol. The molecule has 17 heavy (non-hydrogen) atoms. The second-order valence-corrected chi connectivity index (χ2v) is 4.81. The number of hydrogen-bond acceptors (Lipinski definition) is 5. The van der Waals surface area contributed by atoms with E-state index in [1.54, 1.807) is 23.7 Å². The van der Waals surface area contributed by atoms with Gasteiger partial charge in [0.1, 0.15) is 17.4 Å². The van der Waals surface area contributed by atoms with Crippen LogP contribution in [0.5, 0.6) is 0 Å². The van der Waals surface area contributed by atoms with E-state index in [9.17, 15) is 0 Å². The molecule has 5 heteroatoms. The molecule has 4 rings (SSSR count). The molecule has 4 aromatic heterocycles. The summed E-state index contributed by atoms with van der Waals surface area (Å²) in [5.41, 5.74) is 2.60. The largest absolute Gasteiger partial charge is 0.253 e. The molecule has 0 aliphatic carbocycles. The van der Waals surface area contributed by atoms with Gasteiger partial charge in [0.15, 0.2) is 5.65 Å². The Labute approximate surface area is 100.0 Å². The number of pyridine rings is 2. The van der Waals surface area contributed by atoms with Gasteiger partial charge in [0.05, 0.1) is 9.40 Å². The van der Waals surface area contributed by atoms with Crippen LogP contribution < -0.4 is 0 Å². The summed E-state index contributed by atoms with van der Waals surface area (Å²) in [6.07, 6.45) is 5.09. The van der Waals surface area contributed by atoms with Gasteiger partial charge in [-0.15, -0.1) is 11.3 Å². The van der Waals surface area contributed by atoms with Gasteiger partial charge in [0.25, 0.3) is 0 Å². The van der Waals surface area contributed by atoms with Gasteiger partial charge in [-0.1, -0.05) is 0 Å². The average molecular weight is 238 g/mol. The SMILES string of the molecule is c1cnc2c(c1)sc1cc3cncnc3nc12. The van der Waals surface area contributed by atoms with E-state index in [2.05, 4.69) is 32.1 Å². The minimum atomic E-state index is 0.720. The molecule has 4 heterocycles. The first-order valence-electron chi connectivity index (χ1n) is 5.16. The van der Waals surface area contributed by atoms with Crippen molar-refractivity contribution in [1.29, 1.82) is 0 Å². The molecule has 0 spiro atoms. The van der Waals surface area contributed by atoms with Crippen molar-refractivity contribution in [2.45, 2.75) is 0 Å². The summed E-state index contributed by atoms with van der Waals surface area (Å²) >= 11 is 1.70.